The van der Waals surface area contributed by atoms with E-state index in [1.807, 2.05) is 6.07 Å². The maximum atomic E-state index is 12.0. The van der Waals surface area contributed by atoms with Gasteiger partial charge in [-0.15, -0.1) is 10.2 Å². The van der Waals surface area contributed by atoms with Crippen molar-refractivity contribution in [3.05, 3.63) is 41.6 Å². The Bertz CT molecular complexity index is 640. The summed E-state index contributed by atoms with van der Waals surface area (Å²) >= 11 is 0. The van der Waals surface area contributed by atoms with Crippen LogP contribution in [0, 0.1) is 0 Å². The van der Waals surface area contributed by atoms with E-state index in [-0.39, 0.29) is 11.6 Å². The normalized spacial score (nSPS) is 13.8. The van der Waals surface area contributed by atoms with E-state index < -0.39 is 0 Å². The number of carbonyl (C=O) groups excluding carboxylic acids is 1. The van der Waals surface area contributed by atoms with Crippen LogP contribution in [0.25, 0.3) is 0 Å². The van der Waals surface area contributed by atoms with Gasteiger partial charge in [0.05, 0.1) is 19.3 Å². The average Bonchev–Trinajstić information content (AvgIpc) is 3.38. The van der Waals surface area contributed by atoms with Crippen LogP contribution >= 0.6 is 0 Å². The van der Waals surface area contributed by atoms with Gasteiger partial charge in [0.25, 0.3) is 5.91 Å². The summed E-state index contributed by atoms with van der Waals surface area (Å²) in [5, 5.41) is 10.3. The van der Waals surface area contributed by atoms with Gasteiger partial charge >= 0.3 is 0 Å². The van der Waals surface area contributed by atoms with Crippen molar-refractivity contribution in [2.45, 2.75) is 25.3 Å². The summed E-state index contributed by atoms with van der Waals surface area (Å²) in [6.45, 7) is 0.342. The van der Waals surface area contributed by atoms with Crippen LogP contribution in [0.15, 0.2) is 24.5 Å². The minimum Gasteiger partial charge on any atom is -0.480 e. The number of hydrogen-bond acceptors (Lipinski definition) is 6. The van der Waals surface area contributed by atoms with Gasteiger partial charge in [-0.1, -0.05) is 0 Å². The minimum atomic E-state index is -0.295. The van der Waals surface area contributed by atoms with Gasteiger partial charge in [-0.05, 0) is 25.0 Å². The van der Waals surface area contributed by atoms with E-state index in [2.05, 4.69) is 25.5 Å². The Morgan fingerprint density at radius 1 is 1.33 bits per heavy atom. The van der Waals surface area contributed by atoms with Crippen LogP contribution in [-0.4, -0.2) is 33.2 Å². The number of ether oxygens (including phenoxy) is 1. The summed E-state index contributed by atoms with van der Waals surface area (Å²) < 4.78 is 4.90. The number of carbonyl (C=O) groups is 1. The second kappa shape index (κ2) is 5.82. The monoisotopic (exact) mass is 285 g/mol. The fourth-order valence-corrected chi connectivity index (χ4v) is 1.93. The number of amides is 1. The summed E-state index contributed by atoms with van der Waals surface area (Å²) in [6, 6.07) is 5.10. The van der Waals surface area contributed by atoms with E-state index in [1.165, 1.54) is 20.0 Å². The van der Waals surface area contributed by atoms with Crippen molar-refractivity contribution < 1.29 is 9.53 Å². The lowest BCUT2D eigenvalue weighted by atomic mass is 10.2. The highest BCUT2D eigenvalue weighted by atomic mass is 16.5. The third kappa shape index (κ3) is 3.31. The second-order valence-electron chi connectivity index (χ2n) is 4.85. The van der Waals surface area contributed by atoms with Gasteiger partial charge in [-0.2, -0.15) is 0 Å². The first-order valence-electron chi connectivity index (χ1n) is 6.73. The Kier molecular flexibility index (Phi) is 3.72. The molecule has 0 spiro atoms. The van der Waals surface area contributed by atoms with Gasteiger partial charge in [0, 0.05) is 17.7 Å². The van der Waals surface area contributed by atoms with Gasteiger partial charge in [0.15, 0.2) is 5.69 Å². The molecule has 2 heterocycles. The van der Waals surface area contributed by atoms with E-state index in [0.717, 1.165) is 11.4 Å². The van der Waals surface area contributed by atoms with E-state index in [4.69, 9.17) is 4.74 Å². The zero-order valence-electron chi connectivity index (χ0n) is 11.6. The minimum absolute atomic E-state index is 0.243. The van der Waals surface area contributed by atoms with Gasteiger partial charge in [-0.25, -0.2) is 9.97 Å². The Balaban J connectivity index is 1.60. The van der Waals surface area contributed by atoms with Crippen LogP contribution in [0.1, 0.15) is 40.6 Å². The average molecular weight is 285 g/mol. The van der Waals surface area contributed by atoms with Crippen molar-refractivity contribution in [2.75, 3.05) is 7.11 Å². The third-order valence-corrected chi connectivity index (χ3v) is 3.25. The molecule has 0 aliphatic heterocycles. The maximum Gasteiger partial charge on any atom is 0.272 e. The van der Waals surface area contributed by atoms with E-state index in [9.17, 15) is 4.79 Å². The van der Waals surface area contributed by atoms with Crippen LogP contribution in [0.4, 0.5) is 0 Å². The summed E-state index contributed by atoms with van der Waals surface area (Å²) in [4.78, 5) is 20.4. The zero-order chi connectivity index (χ0) is 14.7. The zero-order valence-corrected chi connectivity index (χ0v) is 11.6. The maximum absolute atomic E-state index is 12.0. The molecule has 0 radical (unpaired) electrons. The number of hydrogen-bond donors (Lipinski definition) is 1. The standard InChI is InChI=1S/C14H15N5O2/c1-21-13-5-4-11(18-19-13)14(20)15-7-10-6-12(9-2-3-9)17-8-16-10/h4-6,8-9H,2-3,7H2,1H3,(H,15,20). The molecule has 108 valence electrons. The van der Waals surface area contributed by atoms with Crippen molar-refractivity contribution in [1.29, 1.82) is 0 Å². The lowest BCUT2D eigenvalue weighted by Crippen LogP contribution is -2.24. The highest BCUT2D eigenvalue weighted by Crippen LogP contribution is 2.38. The molecule has 0 atom stereocenters. The first kappa shape index (κ1) is 13.4. The highest BCUT2D eigenvalue weighted by molar-refractivity contribution is 5.91. The molecule has 1 saturated carbocycles. The Labute approximate surface area is 121 Å². The molecule has 1 fully saturated rings. The Morgan fingerprint density at radius 3 is 2.86 bits per heavy atom. The molecule has 21 heavy (non-hydrogen) atoms. The number of nitrogens with zero attached hydrogens (tertiary/aromatic N) is 4. The van der Waals surface area contributed by atoms with Gasteiger partial charge in [0.1, 0.15) is 6.33 Å². The van der Waals surface area contributed by atoms with Gasteiger partial charge < -0.3 is 10.1 Å². The van der Waals surface area contributed by atoms with Crippen LogP contribution in [0.2, 0.25) is 0 Å². The van der Waals surface area contributed by atoms with E-state index in [1.54, 1.807) is 18.5 Å². The molecule has 1 N–H and O–H groups in total. The summed E-state index contributed by atoms with van der Waals surface area (Å²) in [5.74, 6) is 0.642. The van der Waals surface area contributed by atoms with Crippen molar-refractivity contribution in [3.63, 3.8) is 0 Å². The van der Waals surface area contributed by atoms with Crippen molar-refractivity contribution in [1.82, 2.24) is 25.5 Å². The molecule has 2 aromatic heterocycles. The lowest BCUT2D eigenvalue weighted by Gasteiger charge is -2.05. The molecule has 0 unspecified atom stereocenters. The summed E-state index contributed by atoms with van der Waals surface area (Å²) in [7, 11) is 1.50. The number of methoxy groups -OCH3 is 1. The molecule has 1 aliphatic carbocycles. The van der Waals surface area contributed by atoms with Crippen molar-refractivity contribution >= 4 is 5.91 Å². The quantitative estimate of drug-likeness (QED) is 0.884. The largest absolute Gasteiger partial charge is 0.480 e. The molecule has 0 saturated heterocycles. The van der Waals surface area contributed by atoms with E-state index >= 15 is 0 Å². The van der Waals surface area contributed by atoms with Crippen molar-refractivity contribution in [2.24, 2.45) is 0 Å². The molecule has 2 aromatic rings. The van der Waals surface area contributed by atoms with Crippen molar-refractivity contribution in [3.8, 4) is 5.88 Å². The Morgan fingerprint density at radius 2 is 2.19 bits per heavy atom. The summed E-state index contributed by atoms with van der Waals surface area (Å²) in [5.41, 5.74) is 2.09. The number of rotatable bonds is 5. The molecule has 0 aromatic carbocycles. The highest BCUT2D eigenvalue weighted by Gasteiger charge is 2.25. The molecule has 3 rings (SSSR count). The second-order valence-corrected chi connectivity index (χ2v) is 4.85. The van der Waals surface area contributed by atoms with Crippen LogP contribution in [0.3, 0.4) is 0 Å². The first-order valence-corrected chi connectivity index (χ1v) is 6.73. The molecule has 7 heteroatoms. The fourth-order valence-electron chi connectivity index (χ4n) is 1.93. The third-order valence-electron chi connectivity index (χ3n) is 3.25. The topological polar surface area (TPSA) is 89.9 Å². The van der Waals surface area contributed by atoms with Crippen LogP contribution < -0.4 is 10.1 Å². The predicted octanol–water partition coefficient (Wildman–Crippen LogP) is 1.08. The predicted molar refractivity (Wildman–Crippen MR) is 73.8 cm³/mol. The van der Waals surface area contributed by atoms with E-state index in [0.29, 0.717) is 18.3 Å². The number of nitrogens with one attached hydrogen (secondary N) is 1. The molecular weight excluding hydrogens is 270 g/mol. The van der Waals surface area contributed by atoms with Gasteiger partial charge in [0.2, 0.25) is 5.88 Å². The molecule has 7 nitrogen and oxygen atoms in total. The molecular formula is C14H15N5O2. The number of aromatic nitrogens is 4. The first-order chi connectivity index (χ1) is 10.3. The smallest absolute Gasteiger partial charge is 0.272 e. The fraction of sp³-hybridized carbons (Fsp3) is 0.357. The van der Waals surface area contributed by atoms with Crippen LogP contribution in [0.5, 0.6) is 5.88 Å². The molecule has 1 aliphatic rings. The molecule has 0 bridgehead atoms. The SMILES string of the molecule is COc1ccc(C(=O)NCc2cc(C3CC3)ncn2)nn1. The van der Waals surface area contributed by atoms with Crippen LogP contribution in [-0.2, 0) is 6.54 Å². The van der Waals surface area contributed by atoms with Gasteiger partial charge in [-0.3, -0.25) is 4.79 Å². The summed E-state index contributed by atoms with van der Waals surface area (Å²) in [6.07, 6.45) is 3.91. The Hall–Kier alpha value is -2.57. The lowest BCUT2D eigenvalue weighted by molar-refractivity contribution is 0.0944. The molecule has 1 amide bonds.